The number of ether oxygens (including phenoxy) is 5. The van der Waals surface area contributed by atoms with Gasteiger partial charge in [0.2, 0.25) is 11.7 Å². The number of aliphatic hydroxyl groups excluding tert-OH is 2. The van der Waals surface area contributed by atoms with E-state index in [2.05, 4.69) is 0 Å². The molecule has 1 unspecified atom stereocenters. The number of methoxy groups -OCH3 is 2. The van der Waals surface area contributed by atoms with Crippen LogP contribution in [0, 0.1) is 34.5 Å². The SMILES string of the molecule is COC(=O)[C@@H](C)[C@@H]1C[C@H]2OC(=O)[C@H](OC(=O)C=C(C)C)[C@H]3C4(C(=O)OC)OC[C@]23[C@H]([C@@H](O)[C@@H]4O)[C@@]1(C)CC(=O)O. The van der Waals surface area contributed by atoms with Crippen LogP contribution < -0.4 is 0 Å². The van der Waals surface area contributed by atoms with E-state index >= 15 is 0 Å². The smallest absolute Gasteiger partial charge is 0.348 e. The summed E-state index contributed by atoms with van der Waals surface area (Å²) in [4.78, 5) is 64.5. The second-order valence-electron chi connectivity index (χ2n) is 11.8. The third kappa shape index (κ3) is 3.96. The molecule has 1 spiro atoms. The summed E-state index contributed by atoms with van der Waals surface area (Å²) in [5.41, 5.74) is -4.67. The second kappa shape index (κ2) is 10.1. The first-order chi connectivity index (χ1) is 18.6. The Kier molecular flexibility index (Phi) is 7.57. The van der Waals surface area contributed by atoms with Crippen molar-refractivity contribution in [2.45, 2.75) is 70.6 Å². The van der Waals surface area contributed by atoms with Crippen LogP contribution in [0.5, 0.6) is 0 Å². The summed E-state index contributed by atoms with van der Waals surface area (Å²) in [7, 11) is 2.23. The highest BCUT2D eigenvalue weighted by molar-refractivity contribution is 5.89. The van der Waals surface area contributed by atoms with Crippen LogP contribution in [0.4, 0.5) is 0 Å². The summed E-state index contributed by atoms with van der Waals surface area (Å²) in [6.45, 7) is 6.05. The summed E-state index contributed by atoms with van der Waals surface area (Å²) < 4.78 is 27.3. The van der Waals surface area contributed by atoms with Crippen molar-refractivity contribution < 1.29 is 63.0 Å². The molecule has 2 saturated heterocycles. The molecule has 222 valence electrons. The molecule has 40 heavy (non-hydrogen) atoms. The number of hydrogen-bond acceptors (Lipinski definition) is 12. The Bertz CT molecular complexity index is 1140. The lowest BCUT2D eigenvalue weighted by atomic mass is 9.38. The fourth-order valence-electron chi connectivity index (χ4n) is 8.25. The monoisotopic (exact) mass is 568 g/mol. The quantitative estimate of drug-likeness (QED) is 0.211. The predicted octanol–water partition coefficient (Wildman–Crippen LogP) is -0.00400. The lowest BCUT2D eigenvalue weighted by Gasteiger charge is -2.66. The summed E-state index contributed by atoms with van der Waals surface area (Å²) in [6.07, 6.45) is -6.09. The molecule has 3 N–H and O–H groups in total. The summed E-state index contributed by atoms with van der Waals surface area (Å²) in [5.74, 6) is -9.17. The van der Waals surface area contributed by atoms with Crippen LogP contribution >= 0.6 is 0 Å². The van der Waals surface area contributed by atoms with Gasteiger partial charge in [0.05, 0.1) is 45.2 Å². The average Bonchev–Trinajstić information content (AvgIpc) is 3.18. The van der Waals surface area contributed by atoms with Gasteiger partial charge in [0, 0.05) is 17.4 Å². The fraction of sp³-hybridized carbons (Fsp3) is 0.741. The van der Waals surface area contributed by atoms with Gasteiger partial charge in [-0.15, -0.1) is 0 Å². The highest BCUT2D eigenvalue weighted by atomic mass is 16.6. The van der Waals surface area contributed by atoms with Gasteiger partial charge in [-0.1, -0.05) is 19.4 Å². The summed E-state index contributed by atoms with van der Waals surface area (Å²) in [6, 6.07) is 0. The zero-order valence-corrected chi connectivity index (χ0v) is 23.2. The molecular formula is C27H36O13. The van der Waals surface area contributed by atoms with Gasteiger partial charge in [-0.05, 0) is 31.6 Å². The molecule has 0 amide bonds. The maximum atomic E-state index is 13.5. The molecule has 13 nitrogen and oxygen atoms in total. The van der Waals surface area contributed by atoms with Gasteiger partial charge in [-0.3, -0.25) is 9.59 Å². The minimum Gasteiger partial charge on any atom is -0.481 e. The Balaban J connectivity index is 1.98. The molecule has 4 rings (SSSR count). The standard InChI is InChI=1S/C27H36O13/c1-11(2)7-16(30)40-18-20-26-10-38-27(20,24(35)37-6)21(32)17(31)19(26)25(4,9-15(28)29)13(12(3)22(33)36-5)8-14(26)39-23(18)34/h7,12-14,17-21,31-32H,8-10H2,1-6H3,(H,28,29)/t12-,13-,14+,17+,18+,19+,20+,21-,25-,26+,27?/m0/s1. The van der Waals surface area contributed by atoms with Gasteiger partial charge >= 0.3 is 29.8 Å². The van der Waals surface area contributed by atoms with E-state index in [9.17, 15) is 39.3 Å². The van der Waals surface area contributed by atoms with Crippen molar-refractivity contribution in [1.82, 2.24) is 0 Å². The number of aliphatic carboxylic acids is 1. The van der Waals surface area contributed by atoms with Crippen LogP contribution in [0.1, 0.15) is 40.5 Å². The number of carboxylic acids is 1. The molecule has 4 fully saturated rings. The number of carbonyl (C=O) groups is 5. The van der Waals surface area contributed by atoms with Gasteiger partial charge in [-0.25, -0.2) is 14.4 Å². The van der Waals surface area contributed by atoms with Crippen molar-refractivity contribution >= 4 is 29.8 Å². The highest BCUT2D eigenvalue weighted by Gasteiger charge is 2.85. The third-order valence-electron chi connectivity index (χ3n) is 9.57. The minimum absolute atomic E-state index is 0.0448. The van der Waals surface area contributed by atoms with Crippen molar-refractivity contribution in [2.24, 2.45) is 34.5 Å². The van der Waals surface area contributed by atoms with E-state index in [1.165, 1.54) is 7.11 Å². The molecule has 0 aromatic heterocycles. The third-order valence-corrected chi connectivity index (χ3v) is 9.57. The van der Waals surface area contributed by atoms with Gasteiger partial charge in [0.25, 0.3) is 0 Å². The Morgan fingerprint density at radius 2 is 1.77 bits per heavy atom. The van der Waals surface area contributed by atoms with E-state index in [1.54, 1.807) is 27.7 Å². The van der Waals surface area contributed by atoms with Gasteiger partial charge in [-0.2, -0.15) is 0 Å². The van der Waals surface area contributed by atoms with E-state index in [4.69, 9.17) is 23.7 Å². The molecule has 11 atom stereocenters. The maximum Gasteiger partial charge on any atom is 0.348 e. The van der Waals surface area contributed by atoms with Crippen LogP contribution in [-0.4, -0.2) is 96.0 Å². The molecule has 13 heteroatoms. The largest absolute Gasteiger partial charge is 0.481 e. The second-order valence-corrected chi connectivity index (χ2v) is 11.8. The fourth-order valence-corrected chi connectivity index (χ4v) is 8.25. The first-order valence-corrected chi connectivity index (χ1v) is 13.1. The highest BCUT2D eigenvalue weighted by Crippen LogP contribution is 2.72. The molecule has 4 aliphatic rings. The number of aliphatic hydroxyl groups is 2. The van der Waals surface area contributed by atoms with Crippen LogP contribution in [0.3, 0.4) is 0 Å². The number of rotatable bonds is 7. The van der Waals surface area contributed by atoms with Crippen LogP contribution in [0.2, 0.25) is 0 Å². The molecule has 0 radical (unpaired) electrons. The topological polar surface area (TPSA) is 192 Å². The number of esters is 4. The predicted molar refractivity (Wildman–Crippen MR) is 131 cm³/mol. The van der Waals surface area contributed by atoms with E-state index in [0.29, 0.717) is 5.57 Å². The normalized spacial score (nSPS) is 42.0. The zero-order valence-electron chi connectivity index (χ0n) is 23.2. The van der Waals surface area contributed by atoms with Crippen molar-refractivity contribution in [1.29, 1.82) is 0 Å². The lowest BCUT2D eigenvalue weighted by Crippen LogP contribution is -2.79. The van der Waals surface area contributed by atoms with E-state index in [0.717, 1.165) is 13.2 Å². The Morgan fingerprint density at radius 3 is 2.33 bits per heavy atom. The Labute approximate surface area is 230 Å². The molecule has 0 aromatic rings. The average molecular weight is 569 g/mol. The molecule has 0 aromatic carbocycles. The van der Waals surface area contributed by atoms with Crippen molar-refractivity contribution in [3.05, 3.63) is 11.6 Å². The maximum absolute atomic E-state index is 13.5. The summed E-state index contributed by atoms with van der Waals surface area (Å²) in [5, 5.41) is 33.3. The number of hydrogen-bond donors (Lipinski definition) is 3. The van der Waals surface area contributed by atoms with Crippen LogP contribution in [0.25, 0.3) is 0 Å². The Morgan fingerprint density at radius 1 is 1.12 bits per heavy atom. The van der Waals surface area contributed by atoms with Gasteiger partial charge in [0.15, 0.2) is 0 Å². The molecule has 2 saturated carbocycles. The van der Waals surface area contributed by atoms with Crippen molar-refractivity contribution in [3.63, 3.8) is 0 Å². The number of allylic oxidation sites excluding steroid dienone is 1. The Hall–Kier alpha value is -3.03. The molecule has 2 bridgehead atoms. The summed E-state index contributed by atoms with van der Waals surface area (Å²) >= 11 is 0. The molecular weight excluding hydrogens is 532 g/mol. The van der Waals surface area contributed by atoms with Crippen LogP contribution in [-0.2, 0) is 47.7 Å². The minimum atomic E-state index is -2.33. The van der Waals surface area contributed by atoms with Crippen LogP contribution in [0.15, 0.2) is 11.6 Å². The lowest BCUT2D eigenvalue weighted by molar-refractivity contribution is -0.294. The van der Waals surface area contributed by atoms with Gasteiger partial charge in [0.1, 0.15) is 12.2 Å². The molecule has 2 aliphatic heterocycles. The van der Waals surface area contributed by atoms with E-state index < -0.39 is 101 Å². The first kappa shape index (κ1) is 29.9. The van der Waals surface area contributed by atoms with Gasteiger partial charge < -0.3 is 39.0 Å². The van der Waals surface area contributed by atoms with E-state index in [1.807, 2.05) is 0 Å². The van der Waals surface area contributed by atoms with E-state index in [-0.39, 0.29) is 13.0 Å². The number of carboxylic acid groups (broad SMARTS) is 1. The van der Waals surface area contributed by atoms with Crippen molar-refractivity contribution in [2.75, 3.05) is 20.8 Å². The zero-order chi connectivity index (χ0) is 29.9. The first-order valence-electron chi connectivity index (χ1n) is 13.1. The molecule has 2 aliphatic carbocycles. The number of carbonyl (C=O) groups excluding carboxylic acids is 4. The molecule has 2 heterocycles. The van der Waals surface area contributed by atoms with Crippen molar-refractivity contribution in [3.8, 4) is 0 Å².